The molecular weight excluding hydrogens is 278 g/mol. The molecule has 0 radical (unpaired) electrons. The maximum atomic E-state index is 12.0. The second kappa shape index (κ2) is 6.85. The van der Waals surface area contributed by atoms with Crippen molar-refractivity contribution >= 4 is 5.91 Å². The number of carbonyl (C=O) groups is 1. The Bertz CT molecular complexity index is 475. The number of benzene rings is 1. The zero-order chi connectivity index (χ0) is 15.4. The first-order chi connectivity index (χ1) is 9.95. The van der Waals surface area contributed by atoms with Crippen molar-refractivity contribution in [2.24, 2.45) is 11.7 Å². The Morgan fingerprint density at radius 2 is 2.00 bits per heavy atom. The normalized spacial score (nSPS) is 15.9. The summed E-state index contributed by atoms with van der Waals surface area (Å²) in [5.74, 6) is 0.605. The van der Waals surface area contributed by atoms with Gasteiger partial charge in [0.15, 0.2) is 0 Å². The fraction of sp³-hybridized carbons (Fsp3) is 0.533. The molecule has 21 heavy (non-hydrogen) atoms. The van der Waals surface area contributed by atoms with Gasteiger partial charge in [0, 0.05) is 26.1 Å². The number of amides is 1. The van der Waals surface area contributed by atoms with Gasteiger partial charge in [0.1, 0.15) is 5.75 Å². The van der Waals surface area contributed by atoms with E-state index >= 15 is 0 Å². The number of alkyl halides is 2. The lowest BCUT2D eigenvalue weighted by molar-refractivity contribution is -0.130. The van der Waals surface area contributed by atoms with Crippen molar-refractivity contribution in [3.63, 3.8) is 0 Å². The van der Waals surface area contributed by atoms with Crippen LogP contribution in [-0.4, -0.2) is 30.5 Å². The van der Waals surface area contributed by atoms with Gasteiger partial charge in [0.05, 0.1) is 0 Å². The van der Waals surface area contributed by atoms with E-state index in [2.05, 4.69) is 4.74 Å². The Balaban J connectivity index is 1.83. The lowest BCUT2D eigenvalue weighted by Crippen LogP contribution is -2.34. The summed E-state index contributed by atoms with van der Waals surface area (Å²) < 4.78 is 28.4. The van der Waals surface area contributed by atoms with Crippen molar-refractivity contribution in [3.05, 3.63) is 29.8 Å². The van der Waals surface area contributed by atoms with E-state index in [-0.39, 0.29) is 17.7 Å². The van der Waals surface area contributed by atoms with E-state index < -0.39 is 6.61 Å². The molecule has 0 bridgehead atoms. The average molecular weight is 298 g/mol. The van der Waals surface area contributed by atoms with Crippen LogP contribution in [0.2, 0.25) is 0 Å². The highest BCUT2D eigenvalue weighted by atomic mass is 19.3. The van der Waals surface area contributed by atoms with Gasteiger partial charge in [-0.15, -0.1) is 0 Å². The van der Waals surface area contributed by atoms with Gasteiger partial charge in [-0.1, -0.05) is 12.1 Å². The van der Waals surface area contributed by atoms with Crippen molar-refractivity contribution in [2.45, 2.75) is 38.5 Å². The van der Waals surface area contributed by atoms with E-state index in [0.29, 0.717) is 18.9 Å². The van der Waals surface area contributed by atoms with Crippen LogP contribution in [0.4, 0.5) is 8.78 Å². The summed E-state index contributed by atoms with van der Waals surface area (Å²) in [7, 11) is 1.71. The van der Waals surface area contributed by atoms with Gasteiger partial charge < -0.3 is 15.4 Å². The molecule has 0 aliphatic heterocycles. The van der Waals surface area contributed by atoms with Crippen LogP contribution >= 0.6 is 0 Å². The highest BCUT2D eigenvalue weighted by Crippen LogP contribution is 2.33. The maximum Gasteiger partial charge on any atom is 0.387 e. The zero-order valence-corrected chi connectivity index (χ0v) is 12.0. The fourth-order valence-electron chi connectivity index (χ4n) is 2.19. The third kappa shape index (κ3) is 4.97. The Morgan fingerprint density at radius 3 is 2.52 bits per heavy atom. The number of halogens is 2. The molecule has 2 N–H and O–H groups in total. The van der Waals surface area contributed by atoms with Crippen molar-refractivity contribution < 1.29 is 18.3 Å². The fourth-order valence-corrected chi connectivity index (χ4v) is 2.19. The number of nitrogens with zero attached hydrogens (tertiary/aromatic N) is 1. The van der Waals surface area contributed by atoms with Crippen molar-refractivity contribution in [3.8, 4) is 5.75 Å². The molecule has 1 amide bonds. The van der Waals surface area contributed by atoms with Gasteiger partial charge in [-0.2, -0.15) is 8.78 Å². The number of nitrogens with two attached hydrogens (primary N) is 1. The topological polar surface area (TPSA) is 55.6 Å². The molecular formula is C15H20F2N2O2. The molecule has 0 aromatic heterocycles. The number of rotatable bonds is 7. The molecule has 2 rings (SSSR count). The summed E-state index contributed by atoms with van der Waals surface area (Å²) in [4.78, 5) is 13.6. The molecule has 1 aromatic carbocycles. The van der Waals surface area contributed by atoms with Gasteiger partial charge >= 0.3 is 6.61 Å². The first-order valence-electron chi connectivity index (χ1n) is 6.99. The first kappa shape index (κ1) is 15.7. The summed E-state index contributed by atoms with van der Waals surface area (Å²) in [5.41, 5.74) is 6.80. The van der Waals surface area contributed by atoms with Crippen LogP contribution in [0.25, 0.3) is 0 Å². The van der Waals surface area contributed by atoms with Gasteiger partial charge in [0.25, 0.3) is 0 Å². The molecule has 0 saturated heterocycles. The summed E-state index contributed by atoms with van der Waals surface area (Å²) in [6.45, 7) is -2.41. The Hall–Kier alpha value is -1.69. The van der Waals surface area contributed by atoms with E-state index in [1.54, 1.807) is 24.1 Å². The zero-order valence-electron chi connectivity index (χ0n) is 12.0. The summed E-state index contributed by atoms with van der Waals surface area (Å²) >= 11 is 0. The molecule has 1 unspecified atom stereocenters. The van der Waals surface area contributed by atoms with Crippen LogP contribution in [0.15, 0.2) is 24.3 Å². The lowest BCUT2D eigenvalue weighted by Gasteiger charge is -2.19. The van der Waals surface area contributed by atoms with Gasteiger partial charge in [-0.05, 0) is 36.5 Å². The molecule has 1 aliphatic rings. The number of carbonyl (C=O) groups excluding carboxylic acids is 1. The second-order valence-corrected chi connectivity index (χ2v) is 5.48. The molecule has 4 nitrogen and oxygen atoms in total. The van der Waals surface area contributed by atoms with E-state index in [1.807, 2.05) is 0 Å². The molecule has 1 fully saturated rings. The second-order valence-electron chi connectivity index (χ2n) is 5.48. The molecule has 6 heteroatoms. The van der Waals surface area contributed by atoms with Crippen molar-refractivity contribution in [1.82, 2.24) is 4.90 Å². The number of ether oxygens (including phenoxy) is 1. The molecule has 116 valence electrons. The Kier molecular flexibility index (Phi) is 5.12. The quantitative estimate of drug-likeness (QED) is 0.841. The van der Waals surface area contributed by atoms with Crippen LogP contribution < -0.4 is 10.5 Å². The molecule has 1 saturated carbocycles. The van der Waals surface area contributed by atoms with Gasteiger partial charge in [0.2, 0.25) is 5.91 Å². The highest BCUT2D eigenvalue weighted by molar-refractivity contribution is 5.76. The largest absolute Gasteiger partial charge is 0.435 e. The third-order valence-corrected chi connectivity index (χ3v) is 3.63. The number of hydrogen-bond acceptors (Lipinski definition) is 3. The molecule has 1 atom stereocenters. The average Bonchev–Trinajstić information content (AvgIpc) is 3.24. The predicted molar refractivity (Wildman–Crippen MR) is 74.9 cm³/mol. The van der Waals surface area contributed by atoms with Crippen LogP contribution in [0, 0.1) is 5.92 Å². The Labute approximate surface area is 122 Å². The minimum Gasteiger partial charge on any atom is -0.435 e. The smallest absolute Gasteiger partial charge is 0.387 e. The van der Waals surface area contributed by atoms with Crippen molar-refractivity contribution in [1.29, 1.82) is 0 Å². The SMILES string of the molecule is CN(Cc1ccc(OC(F)F)cc1)C(=O)CC(N)C1CC1. The maximum absolute atomic E-state index is 12.0. The van der Waals surface area contributed by atoms with Crippen molar-refractivity contribution in [2.75, 3.05) is 7.05 Å². The summed E-state index contributed by atoms with van der Waals surface area (Å²) in [5, 5.41) is 0. The van der Waals surface area contributed by atoms with Crippen LogP contribution in [0.1, 0.15) is 24.8 Å². The molecule has 0 spiro atoms. The minimum absolute atomic E-state index is 0.00214. The van der Waals surface area contributed by atoms with Crippen LogP contribution in [0.5, 0.6) is 5.75 Å². The van der Waals surface area contributed by atoms with E-state index in [1.165, 1.54) is 12.1 Å². The molecule has 1 aliphatic carbocycles. The molecule has 1 aromatic rings. The molecule has 0 heterocycles. The highest BCUT2D eigenvalue weighted by Gasteiger charge is 2.30. The first-order valence-corrected chi connectivity index (χ1v) is 6.99. The lowest BCUT2D eigenvalue weighted by atomic mass is 10.1. The van der Waals surface area contributed by atoms with Crippen LogP contribution in [0.3, 0.4) is 0 Å². The Morgan fingerprint density at radius 1 is 1.38 bits per heavy atom. The third-order valence-electron chi connectivity index (χ3n) is 3.63. The minimum atomic E-state index is -2.83. The summed E-state index contributed by atoms with van der Waals surface area (Å²) in [6, 6.07) is 6.22. The predicted octanol–water partition coefficient (Wildman–Crippen LogP) is 2.37. The van der Waals surface area contributed by atoms with E-state index in [9.17, 15) is 13.6 Å². The van der Waals surface area contributed by atoms with Gasteiger partial charge in [-0.3, -0.25) is 4.79 Å². The van der Waals surface area contributed by atoms with Gasteiger partial charge in [-0.25, -0.2) is 0 Å². The monoisotopic (exact) mass is 298 g/mol. The number of hydrogen-bond donors (Lipinski definition) is 1. The van der Waals surface area contributed by atoms with E-state index in [4.69, 9.17) is 5.73 Å². The summed E-state index contributed by atoms with van der Waals surface area (Å²) in [6.07, 6.45) is 2.58. The van der Waals surface area contributed by atoms with Crippen LogP contribution in [-0.2, 0) is 11.3 Å². The standard InChI is InChI=1S/C15H20F2N2O2/c1-19(14(20)8-13(18)11-4-5-11)9-10-2-6-12(7-3-10)21-15(16)17/h2-3,6-7,11,13,15H,4-5,8-9,18H2,1H3. The van der Waals surface area contributed by atoms with E-state index in [0.717, 1.165) is 18.4 Å².